The van der Waals surface area contributed by atoms with Crippen molar-refractivity contribution >= 4 is 12.1 Å². The smallest absolute Gasteiger partial charge is 0.407 e. The van der Waals surface area contributed by atoms with Crippen LogP contribution >= 0.6 is 0 Å². The number of carboxylic acid groups (broad SMARTS) is 1. The number of hydrogen-bond donors (Lipinski definition) is 2. The highest BCUT2D eigenvalue weighted by Crippen LogP contribution is 2.44. The molecule has 0 spiro atoms. The van der Waals surface area contributed by atoms with Crippen molar-refractivity contribution in [2.75, 3.05) is 13.2 Å². The highest BCUT2D eigenvalue weighted by atomic mass is 16.5. The lowest BCUT2D eigenvalue weighted by Gasteiger charge is -2.20. The molecule has 6 nitrogen and oxygen atoms in total. The van der Waals surface area contributed by atoms with E-state index in [1.165, 1.54) is 11.1 Å². The highest BCUT2D eigenvalue weighted by Gasteiger charge is 2.29. The maximum absolute atomic E-state index is 12.7. The van der Waals surface area contributed by atoms with E-state index >= 15 is 0 Å². The summed E-state index contributed by atoms with van der Waals surface area (Å²) in [5.41, 5.74) is 5.62. The van der Waals surface area contributed by atoms with Gasteiger partial charge in [0.25, 0.3) is 0 Å². The number of hydrogen-bond acceptors (Lipinski definition) is 4. The van der Waals surface area contributed by atoms with Gasteiger partial charge in [-0.25, -0.2) is 4.79 Å². The number of carbonyl (C=O) groups excluding carboxylic acids is 1. The van der Waals surface area contributed by atoms with Crippen LogP contribution in [0.5, 0.6) is 5.75 Å². The average molecular weight is 474 g/mol. The fourth-order valence-corrected chi connectivity index (χ4v) is 4.56. The summed E-state index contributed by atoms with van der Waals surface area (Å²) in [6.45, 7) is 2.93. The molecule has 0 aromatic heterocycles. The average Bonchev–Trinajstić information content (AvgIpc) is 3.19. The minimum Gasteiger partial charge on any atom is -0.494 e. The van der Waals surface area contributed by atoms with Crippen molar-refractivity contribution in [2.45, 2.75) is 44.6 Å². The van der Waals surface area contributed by atoms with Crippen LogP contribution < -0.4 is 10.1 Å². The van der Waals surface area contributed by atoms with Crippen LogP contribution in [0, 0.1) is 0 Å². The molecule has 3 aromatic rings. The van der Waals surface area contributed by atoms with Crippen molar-refractivity contribution in [3.05, 3.63) is 89.5 Å². The van der Waals surface area contributed by atoms with E-state index in [-0.39, 0.29) is 25.0 Å². The van der Waals surface area contributed by atoms with E-state index in [1.807, 2.05) is 48.5 Å². The van der Waals surface area contributed by atoms with Gasteiger partial charge in [0.05, 0.1) is 6.61 Å². The Hall–Kier alpha value is -3.80. The van der Waals surface area contributed by atoms with Gasteiger partial charge in [0.1, 0.15) is 12.4 Å². The summed E-state index contributed by atoms with van der Waals surface area (Å²) in [6, 6.07) is 23.7. The number of carboxylic acids is 1. The van der Waals surface area contributed by atoms with Crippen molar-refractivity contribution in [1.29, 1.82) is 0 Å². The molecule has 0 saturated carbocycles. The Morgan fingerprint density at radius 1 is 0.943 bits per heavy atom. The number of fused-ring (bicyclic) bond motifs is 3. The largest absolute Gasteiger partial charge is 0.494 e. The summed E-state index contributed by atoms with van der Waals surface area (Å²) in [6.07, 6.45) is 1.18. The monoisotopic (exact) mass is 473 g/mol. The molecular formula is C29H31NO5. The highest BCUT2D eigenvalue weighted by molar-refractivity contribution is 5.79. The molecule has 0 heterocycles. The fourth-order valence-electron chi connectivity index (χ4n) is 4.56. The quantitative estimate of drug-likeness (QED) is 0.368. The van der Waals surface area contributed by atoms with Crippen molar-refractivity contribution in [3.63, 3.8) is 0 Å². The molecule has 4 rings (SSSR count). The lowest BCUT2D eigenvalue weighted by atomic mass is 9.98. The molecule has 0 fully saturated rings. The number of carbonyl (C=O) groups is 2. The van der Waals surface area contributed by atoms with E-state index in [9.17, 15) is 9.59 Å². The Kier molecular flexibility index (Phi) is 8.03. The first kappa shape index (κ1) is 24.3. The van der Waals surface area contributed by atoms with Crippen LogP contribution in [0.4, 0.5) is 4.79 Å². The van der Waals surface area contributed by atoms with Crippen LogP contribution in [0.25, 0.3) is 11.1 Å². The molecular weight excluding hydrogens is 442 g/mol. The molecule has 0 bridgehead atoms. The van der Waals surface area contributed by atoms with Gasteiger partial charge in [-0.15, -0.1) is 0 Å². The van der Waals surface area contributed by atoms with Crippen molar-refractivity contribution in [3.8, 4) is 16.9 Å². The first-order chi connectivity index (χ1) is 17.0. The van der Waals surface area contributed by atoms with Gasteiger partial charge in [0.15, 0.2) is 0 Å². The zero-order valence-corrected chi connectivity index (χ0v) is 19.9. The third-order valence-corrected chi connectivity index (χ3v) is 6.25. The molecule has 35 heavy (non-hydrogen) atoms. The van der Waals surface area contributed by atoms with Crippen LogP contribution in [0.1, 0.15) is 48.8 Å². The predicted molar refractivity (Wildman–Crippen MR) is 135 cm³/mol. The molecule has 1 unspecified atom stereocenters. The van der Waals surface area contributed by atoms with Crippen molar-refractivity contribution < 1.29 is 24.2 Å². The van der Waals surface area contributed by atoms with Gasteiger partial charge >= 0.3 is 12.1 Å². The Labute approximate surface area is 205 Å². The van der Waals surface area contributed by atoms with Crippen molar-refractivity contribution in [1.82, 2.24) is 5.32 Å². The molecule has 1 aliphatic rings. The van der Waals surface area contributed by atoms with Gasteiger partial charge in [0, 0.05) is 18.4 Å². The number of benzene rings is 3. The second-order valence-corrected chi connectivity index (χ2v) is 8.80. The van der Waals surface area contributed by atoms with Crippen molar-refractivity contribution in [2.24, 2.45) is 0 Å². The second kappa shape index (κ2) is 11.6. The topological polar surface area (TPSA) is 84.9 Å². The summed E-state index contributed by atoms with van der Waals surface area (Å²) in [5, 5.41) is 12.0. The summed E-state index contributed by atoms with van der Waals surface area (Å²) in [5.74, 6) is -0.129. The van der Waals surface area contributed by atoms with Crippen LogP contribution in [-0.4, -0.2) is 36.4 Å². The third kappa shape index (κ3) is 6.21. The van der Waals surface area contributed by atoms with E-state index in [0.29, 0.717) is 19.4 Å². The molecule has 1 atom stereocenters. The number of nitrogens with one attached hydrogen (secondary N) is 1. The lowest BCUT2D eigenvalue weighted by molar-refractivity contribution is -0.137. The molecule has 3 aromatic carbocycles. The minimum absolute atomic E-state index is 0.0266. The van der Waals surface area contributed by atoms with E-state index in [2.05, 4.69) is 36.5 Å². The van der Waals surface area contributed by atoms with Gasteiger partial charge in [-0.1, -0.05) is 67.6 Å². The lowest BCUT2D eigenvalue weighted by Crippen LogP contribution is -2.37. The zero-order valence-electron chi connectivity index (χ0n) is 19.9. The van der Waals surface area contributed by atoms with E-state index < -0.39 is 12.1 Å². The van der Waals surface area contributed by atoms with E-state index in [4.69, 9.17) is 14.6 Å². The molecule has 6 heteroatoms. The zero-order chi connectivity index (χ0) is 24.6. The maximum Gasteiger partial charge on any atom is 0.407 e. The first-order valence-corrected chi connectivity index (χ1v) is 12.1. The van der Waals surface area contributed by atoms with E-state index in [0.717, 1.165) is 28.9 Å². The van der Waals surface area contributed by atoms with E-state index in [1.54, 1.807) is 0 Å². The molecule has 0 radical (unpaired) electrons. The van der Waals surface area contributed by atoms with Gasteiger partial charge in [-0.2, -0.15) is 0 Å². The predicted octanol–water partition coefficient (Wildman–Crippen LogP) is 5.79. The molecule has 0 saturated heterocycles. The number of ether oxygens (including phenoxy) is 2. The third-order valence-electron chi connectivity index (χ3n) is 6.25. The normalized spacial score (nSPS) is 12.9. The van der Waals surface area contributed by atoms with Crippen LogP contribution in [-0.2, 0) is 16.0 Å². The Balaban J connectivity index is 1.39. The maximum atomic E-state index is 12.7. The second-order valence-electron chi connectivity index (χ2n) is 8.80. The van der Waals surface area contributed by atoms with Gasteiger partial charge in [0.2, 0.25) is 0 Å². The Morgan fingerprint density at radius 3 is 2.17 bits per heavy atom. The minimum atomic E-state index is -0.896. The van der Waals surface area contributed by atoms with Crippen LogP contribution in [0.3, 0.4) is 0 Å². The Morgan fingerprint density at radius 2 is 1.57 bits per heavy atom. The first-order valence-electron chi connectivity index (χ1n) is 12.1. The molecule has 182 valence electrons. The van der Waals surface area contributed by atoms with Gasteiger partial charge in [-0.05, 0) is 59.2 Å². The Bertz CT molecular complexity index is 1110. The number of alkyl carbamates (subject to hydrolysis) is 1. The molecule has 2 N–H and O–H groups in total. The number of aliphatic carboxylic acids is 1. The standard InChI is InChI=1S/C29H31NO5/c1-2-17-34-22-14-11-20(12-15-22)18-21(13-16-28(31)32)30-29(33)35-19-27-25-9-5-3-7-23(25)24-8-4-6-10-26(24)27/h3-12,14-15,21,27H,2,13,16-19H2,1H3,(H,30,33)(H,31,32). The van der Waals surface area contributed by atoms with Crippen LogP contribution in [0.2, 0.25) is 0 Å². The SMILES string of the molecule is CCCOc1ccc(CC(CCC(=O)O)NC(=O)OCC2c3ccccc3-c3ccccc32)cc1. The summed E-state index contributed by atoms with van der Waals surface area (Å²) < 4.78 is 11.3. The molecule has 1 amide bonds. The van der Waals surface area contributed by atoms with Crippen LogP contribution in [0.15, 0.2) is 72.8 Å². The summed E-state index contributed by atoms with van der Waals surface area (Å²) >= 11 is 0. The summed E-state index contributed by atoms with van der Waals surface area (Å²) in [4.78, 5) is 23.9. The summed E-state index contributed by atoms with van der Waals surface area (Å²) in [7, 11) is 0. The van der Waals surface area contributed by atoms with Gasteiger partial charge < -0.3 is 19.9 Å². The fraction of sp³-hybridized carbons (Fsp3) is 0.310. The van der Waals surface area contributed by atoms with Gasteiger partial charge in [-0.3, -0.25) is 4.79 Å². The molecule has 1 aliphatic carbocycles. The number of amides is 1. The molecule has 0 aliphatic heterocycles. The number of rotatable bonds is 11.